The summed E-state index contributed by atoms with van der Waals surface area (Å²) in [6.45, 7) is 2.89. The average molecular weight is 270 g/mol. The fourth-order valence-corrected chi connectivity index (χ4v) is 3.44. The van der Waals surface area contributed by atoms with E-state index in [-0.39, 0.29) is 11.4 Å². The van der Waals surface area contributed by atoms with Crippen LogP contribution in [-0.4, -0.2) is 45.4 Å². The van der Waals surface area contributed by atoms with Gasteiger partial charge in [-0.25, -0.2) is 4.98 Å². The van der Waals surface area contributed by atoms with E-state index in [2.05, 4.69) is 10.3 Å². The van der Waals surface area contributed by atoms with Gasteiger partial charge in [0, 0.05) is 24.5 Å². The second-order valence-corrected chi connectivity index (χ2v) is 5.77. The van der Waals surface area contributed by atoms with E-state index in [4.69, 9.17) is 0 Å². The van der Waals surface area contributed by atoms with Crippen LogP contribution in [0.3, 0.4) is 0 Å². The minimum absolute atomic E-state index is 0.0850. The van der Waals surface area contributed by atoms with Crippen molar-refractivity contribution in [3.8, 4) is 0 Å². The lowest BCUT2D eigenvalue weighted by atomic mass is 9.76. The number of likely N-dealkylation sites (tertiary alicyclic amines) is 1. The van der Waals surface area contributed by atoms with Gasteiger partial charge in [0.2, 0.25) is 0 Å². The number of amides is 1. The minimum Gasteiger partial charge on any atom is -0.331 e. The SMILES string of the molecule is O=C(c1cn2ccccc2n1)N1CCC12CCNCC2. The highest BCUT2D eigenvalue weighted by Gasteiger charge is 2.48. The first-order valence-corrected chi connectivity index (χ1v) is 7.25. The van der Waals surface area contributed by atoms with Crippen LogP contribution in [-0.2, 0) is 0 Å². The van der Waals surface area contributed by atoms with Gasteiger partial charge in [-0.3, -0.25) is 4.79 Å². The van der Waals surface area contributed by atoms with E-state index < -0.39 is 0 Å². The molecular formula is C15H18N4O. The fraction of sp³-hybridized carbons (Fsp3) is 0.467. The van der Waals surface area contributed by atoms with Crippen LogP contribution in [0.4, 0.5) is 0 Å². The number of hydrogen-bond donors (Lipinski definition) is 1. The number of pyridine rings is 1. The second kappa shape index (κ2) is 4.31. The molecule has 5 nitrogen and oxygen atoms in total. The highest BCUT2D eigenvalue weighted by atomic mass is 16.2. The highest BCUT2D eigenvalue weighted by Crippen LogP contribution is 2.39. The highest BCUT2D eigenvalue weighted by molar-refractivity contribution is 5.94. The van der Waals surface area contributed by atoms with Gasteiger partial charge in [-0.05, 0) is 44.5 Å². The molecule has 4 rings (SSSR count). The normalized spacial score (nSPS) is 21.1. The van der Waals surface area contributed by atoms with Gasteiger partial charge in [0.1, 0.15) is 11.3 Å². The number of carbonyl (C=O) groups excluding carboxylic acids is 1. The first kappa shape index (κ1) is 11.9. The number of carbonyl (C=O) groups is 1. The fourth-order valence-electron chi connectivity index (χ4n) is 3.44. The van der Waals surface area contributed by atoms with Crippen LogP contribution in [0.5, 0.6) is 0 Å². The van der Waals surface area contributed by atoms with Crippen LogP contribution in [0.2, 0.25) is 0 Å². The number of rotatable bonds is 1. The summed E-state index contributed by atoms with van der Waals surface area (Å²) >= 11 is 0. The Morgan fingerprint density at radius 1 is 1.25 bits per heavy atom. The van der Waals surface area contributed by atoms with Crippen LogP contribution in [0.25, 0.3) is 5.65 Å². The number of nitrogens with zero attached hydrogens (tertiary/aromatic N) is 3. The molecule has 1 spiro atoms. The number of aromatic nitrogens is 2. The minimum atomic E-state index is 0.0850. The smallest absolute Gasteiger partial charge is 0.274 e. The summed E-state index contributed by atoms with van der Waals surface area (Å²) in [6, 6.07) is 5.81. The van der Waals surface area contributed by atoms with Crippen molar-refractivity contribution >= 4 is 11.6 Å². The Hall–Kier alpha value is -1.88. The molecule has 5 heteroatoms. The zero-order valence-electron chi connectivity index (χ0n) is 11.4. The van der Waals surface area contributed by atoms with E-state index in [1.165, 1.54) is 0 Å². The van der Waals surface area contributed by atoms with Crippen molar-refractivity contribution in [2.75, 3.05) is 19.6 Å². The summed E-state index contributed by atoms with van der Waals surface area (Å²) in [5.74, 6) is 0.0850. The van der Waals surface area contributed by atoms with Gasteiger partial charge in [0.15, 0.2) is 0 Å². The molecule has 2 aliphatic rings. The molecule has 0 aromatic carbocycles. The van der Waals surface area contributed by atoms with Gasteiger partial charge in [0.05, 0.1) is 0 Å². The first-order valence-electron chi connectivity index (χ1n) is 7.25. The Balaban J connectivity index is 1.63. The molecule has 2 aromatic heterocycles. The molecule has 2 saturated heterocycles. The summed E-state index contributed by atoms with van der Waals surface area (Å²) in [5, 5.41) is 3.37. The van der Waals surface area contributed by atoms with E-state index in [0.29, 0.717) is 5.69 Å². The standard InChI is InChI=1S/C15H18N4O/c20-14(12-11-18-9-2-1-3-13(18)17-12)19-10-6-15(19)4-7-16-8-5-15/h1-3,9,11,16H,4-8,10H2. The predicted octanol–water partition coefficient (Wildman–Crippen LogP) is 1.30. The van der Waals surface area contributed by atoms with Crippen molar-refractivity contribution in [3.63, 3.8) is 0 Å². The van der Waals surface area contributed by atoms with Crippen LogP contribution in [0.1, 0.15) is 29.8 Å². The van der Waals surface area contributed by atoms with Gasteiger partial charge in [0.25, 0.3) is 5.91 Å². The molecular weight excluding hydrogens is 252 g/mol. The third-order valence-corrected chi connectivity index (χ3v) is 4.74. The van der Waals surface area contributed by atoms with Crippen molar-refractivity contribution in [2.45, 2.75) is 24.8 Å². The maximum absolute atomic E-state index is 12.7. The van der Waals surface area contributed by atoms with Crippen LogP contribution < -0.4 is 5.32 Å². The number of hydrogen-bond acceptors (Lipinski definition) is 3. The summed E-state index contributed by atoms with van der Waals surface area (Å²) in [4.78, 5) is 19.2. The summed E-state index contributed by atoms with van der Waals surface area (Å²) < 4.78 is 1.90. The maximum atomic E-state index is 12.7. The molecule has 0 atom stereocenters. The number of imidazole rings is 1. The number of nitrogens with one attached hydrogen (secondary N) is 1. The lowest BCUT2D eigenvalue weighted by Gasteiger charge is -2.54. The third-order valence-electron chi connectivity index (χ3n) is 4.74. The Morgan fingerprint density at radius 2 is 2.10 bits per heavy atom. The van der Waals surface area contributed by atoms with Gasteiger partial charge >= 0.3 is 0 Å². The van der Waals surface area contributed by atoms with Crippen molar-refractivity contribution in [1.29, 1.82) is 0 Å². The Morgan fingerprint density at radius 3 is 2.80 bits per heavy atom. The summed E-state index contributed by atoms with van der Waals surface area (Å²) in [5.41, 5.74) is 1.49. The summed E-state index contributed by atoms with van der Waals surface area (Å²) in [6.07, 6.45) is 7.02. The second-order valence-electron chi connectivity index (χ2n) is 5.77. The zero-order chi connectivity index (χ0) is 13.6. The Labute approximate surface area is 117 Å². The van der Waals surface area contributed by atoms with E-state index in [1.54, 1.807) is 0 Å². The molecule has 0 saturated carbocycles. The van der Waals surface area contributed by atoms with Crippen molar-refractivity contribution in [3.05, 3.63) is 36.3 Å². The van der Waals surface area contributed by atoms with Crippen LogP contribution in [0, 0.1) is 0 Å². The zero-order valence-corrected chi connectivity index (χ0v) is 11.4. The maximum Gasteiger partial charge on any atom is 0.274 e. The molecule has 2 aliphatic heterocycles. The lowest BCUT2D eigenvalue weighted by molar-refractivity contribution is -0.0197. The topological polar surface area (TPSA) is 49.6 Å². The predicted molar refractivity (Wildman–Crippen MR) is 75.7 cm³/mol. The van der Waals surface area contributed by atoms with Gasteiger partial charge < -0.3 is 14.6 Å². The average Bonchev–Trinajstić information content (AvgIpc) is 2.91. The molecule has 0 radical (unpaired) electrons. The quantitative estimate of drug-likeness (QED) is 0.850. The lowest BCUT2D eigenvalue weighted by Crippen LogP contribution is -2.65. The molecule has 0 aliphatic carbocycles. The Kier molecular flexibility index (Phi) is 2.57. The molecule has 2 fully saturated rings. The van der Waals surface area contributed by atoms with Gasteiger partial charge in [-0.2, -0.15) is 0 Å². The van der Waals surface area contributed by atoms with E-state index in [0.717, 1.165) is 44.5 Å². The Bertz CT molecular complexity index is 624. The van der Waals surface area contributed by atoms with Gasteiger partial charge in [-0.15, -0.1) is 0 Å². The summed E-state index contributed by atoms with van der Waals surface area (Å²) in [7, 11) is 0. The molecule has 20 heavy (non-hydrogen) atoms. The van der Waals surface area contributed by atoms with Crippen LogP contribution >= 0.6 is 0 Å². The van der Waals surface area contributed by atoms with Crippen molar-refractivity contribution in [1.82, 2.24) is 19.6 Å². The monoisotopic (exact) mass is 270 g/mol. The molecule has 2 aromatic rings. The molecule has 4 heterocycles. The van der Waals surface area contributed by atoms with E-state index in [9.17, 15) is 4.79 Å². The van der Waals surface area contributed by atoms with Crippen molar-refractivity contribution in [2.24, 2.45) is 0 Å². The molecule has 0 unspecified atom stereocenters. The van der Waals surface area contributed by atoms with Crippen molar-refractivity contribution < 1.29 is 4.79 Å². The third kappa shape index (κ3) is 1.66. The largest absolute Gasteiger partial charge is 0.331 e. The molecule has 0 bridgehead atoms. The van der Waals surface area contributed by atoms with E-state index in [1.807, 2.05) is 39.9 Å². The van der Waals surface area contributed by atoms with Gasteiger partial charge in [-0.1, -0.05) is 6.07 Å². The first-order chi connectivity index (χ1) is 9.78. The van der Waals surface area contributed by atoms with E-state index >= 15 is 0 Å². The molecule has 104 valence electrons. The van der Waals surface area contributed by atoms with Crippen LogP contribution in [0.15, 0.2) is 30.6 Å². The molecule has 1 N–H and O–H groups in total. The number of piperidine rings is 1. The number of fused-ring (bicyclic) bond motifs is 1. The molecule has 1 amide bonds.